The predicted molar refractivity (Wildman–Crippen MR) is 76.7 cm³/mol. The maximum absolute atomic E-state index is 13.8. The van der Waals surface area contributed by atoms with Crippen molar-refractivity contribution in [2.75, 3.05) is 32.7 Å². The molecule has 1 aromatic rings. The molecule has 0 radical (unpaired) electrons. The van der Waals surface area contributed by atoms with Gasteiger partial charge in [-0.3, -0.25) is 9.69 Å². The first-order chi connectivity index (χ1) is 9.11. The van der Waals surface area contributed by atoms with Gasteiger partial charge in [-0.1, -0.05) is 22.9 Å². The number of rotatable bonds is 3. The molecular weight excluding hydrogens is 311 g/mol. The molecule has 5 heteroatoms. The molecule has 1 aliphatic heterocycles. The molecule has 19 heavy (non-hydrogen) atoms. The summed E-state index contributed by atoms with van der Waals surface area (Å²) in [5.74, 6) is -0.670. The number of benzene rings is 1. The number of nitrogens with zero attached hydrogens (tertiary/aromatic N) is 2. The number of hydrogen-bond donors (Lipinski definition) is 0. The molecule has 0 aromatic heterocycles. The Balaban J connectivity index is 2.01. The second kappa shape index (κ2) is 6.48. The van der Waals surface area contributed by atoms with Crippen LogP contribution in [0.5, 0.6) is 0 Å². The minimum atomic E-state index is -0.463. The standard InChI is InChI=1S/C14H18BrFN2O/c1-2-5-17-6-8-18(9-7-17)14(19)12-4-3-11(15)10-13(12)16/h3-4,10H,2,5-9H2,1H3. The molecule has 2 rings (SSSR count). The molecule has 0 spiro atoms. The van der Waals surface area contributed by atoms with Crippen molar-refractivity contribution in [3.05, 3.63) is 34.1 Å². The summed E-state index contributed by atoms with van der Waals surface area (Å²) < 4.78 is 14.4. The Labute approximate surface area is 121 Å². The molecule has 1 aliphatic rings. The van der Waals surface area contributed by atoms with E-state index < -0.39 is 5.82 Å². The monoisotopic (exact) mass is 328 g/mol. The molecule has 1 amide bonds. The molecule has 3 nitrogen and oxygen atoms in total. The third kappa shape index (κ3) is 3.54. The molecule has 0 N–H and O–H groups in total. The van der Waals surface area contributed by atoms with Crippen LogP contribution in [-0.4, -0.2) is 48.4 Å². The van der Waals surface area contributed by atoms with E-state index in [0.717, 1.165) is 26.1 Å². The lowest BCUT2D eigenvalue weighted by Crippen LogP contribution is -2.48. The van der Waals surface area contributed by atoms with Crippen molar-refractivity contribution >= 4 is 21.8 Å². The van der Waals surface area contributed by atoms with Crippen molar-refractivity contribution < 1.29 is 9.18 Å². The molecule has 1 saturated heterocycles. The van der Waals surface area contributed by atoms with Gasteiger partial charge >= 0.3 is 0 Å². The number of carbonyl (C=O) groups excluding carboxylic acids is 1. The summed E-state index contributed by atoms with van der Waals surface area (Å²) >= 11 is 3.19. The predicted octanol–water partition coefficient (Wildman–Crippen LogP) is 2.76. The molecule has 0 bridgehead atoms. The Morgan fingerprint density at radius 3 is 2.58 bits per heavy atom. The second-order valence-electron chi connectivity index (χ2n) is 4.76. The lowest BCUT2D eigenvalue weighted by molar-refractivity contribution is 0.0633. The normalized spacial score (nSPS) is 16.7. The zero-order valence-corrected chi connectivity index (χ0v) is 12.6. The Bertz CT molecular complexity index is 459. The molecule has 1 aromatic carbocycles. The molecule has 0 unspecified atom stereocenters. The number of carbonyl (C=O) groups is 1. The first-order valence-corrected chi connectivity index (χ1v) is 7.37. The Morgan fingerprint density at radius 1 is 1.32 bits per heavy atom. The second-order valence-corrected chi connectivity index (χ2v) is 5.67. The average Bonchev–Trinajstić information content (AvgIpc) is 2.39. The number of piperazine rings is 1. The van der Waals surface area contributed by atoms with E-state index in [9.17, 15) is 9.18 Å². The Hall–Kier alpha value is -0.940. The van der Waals surface area contributed by atoms with Crippen LogP contribution < -0.4 is 0 Å². The van der Waals surface area contributed by atoms with Gasteiger partial charge in [0.05, 0.1) is 5.56 Å². The maximum Gasteiger partial charge on any atom is 0.256 e. The Morgan fingerprint density at radius 2 is 2.00 bits per heavy atom. The summed E-state index contributed by atoms with van der Waals surface area (Å²) in [4.78, 5) is 16.3. The van der Waals surface area contributed by atoms with Gasteiger partial charge in [0.1, 0.15) is 5.82 Å². The topological polar surface area (TPSA) is 23.6 Å². The SMILES string of the molecule is CCCN1CCN(C(=O)c2ccc(Br)cc2F)CC1. The van der Waals surface area contributed by atoms with E-state index in [4.69, 9.17) is 0 Å². The van der Waals surface area contributed by atoms with Crippen molar-refractivity contribution in [3.8, 4) is 0 Å². The van der Waals surface area contributed by atoms with Gasteiger partial charge in [0.15, 0.2) is 0 Å². The van der Waals surface area contributed by atoms with Crippen LogP contribution in [0.25, 0.3) is 0 Å². The summed E-state index contributed by atoms with van der Waals surface area (Å²) in [6, 6.07) is 4.57. The van der Waals surface area contributed by atoms with E-state index in [1.807, 2.05) is 0 Å². The fourth-order valence-electron chi connectivity index (χ4n) is 2.32. The van der Waals surface area contributed by atoms with Crippen molar-refractivity contribution in [1.82, 2.24) is 9.80 Å². The minimum Gasteiger partial charge on any atom is -0.336 e. The van der Waals surface area contributed by atoms with Crippen LogP contribution in [0, 0.1) is 5.82 Å². The summed E-state index contributed by atoms with van der Waals surface area (Å²) in [5.41, 5.74) is 0.159. The van der Waals surface area contributed by atoms with E-state index in [-0.39, 0.29) is 11.5 Å². The fourth-order valence-corrected chi connectivity index (χ4v) is 2.66. The van der Waals surface area contributed by atoms with E-state index in [1.54, 1.807) is 17.0 Å². The van der Waals surface area contributed by atoms with Gasteiger partial charge in [0.2, 0.25) is 0 Å². The summed E-state index contributed by atoms with van der Waals surface area (Å²) in [6.07, 6.45) is 1.12. The lowest BCUT2D eigenvalue weighted by Gasteiger charge is -2.34. The number of hydrogen-bond acceptors (Lipinski definition) is 2. The zero-order valence-electron chi connectivity index (χ0n) is 11.0. The van der Waals surface area contributed by atoms with Gasteiger partial charge in [-0.2, -0.15) is 0 Å². The summed E-state index contributed by atoms with van der Waals surface area (Å²) in [6.45, 7) is 6.31. The van der Waals surface area contributed by atoms with Crippen LogP contribution in [0.15, 0.2) is 22.7 Å². The third-order valence-corrected chi connectivity index (χ3v) is 3.85. The molecule has 1 fully saturated rings. The van der Waals surface area contributed by atoms with E-state index in [2.05, 4.69) is 27.8 Å². The van der Waals surface area contributed by atoms with Crippen molar-refractivity contribution in [2.24, 2.45) is 0 Å². The van der Waals surface area contributed by atoms with E-state index >= 15 is 0 Å². The molecule has 0 saturated carbocycles. The molecular formula is C14H18BrFN2O. The highest BCUT2D eigenvalue weighted by atomic mass is 79.9. The van der Waals surface area contributed by atoms with E-state index in [1.165, 1.54) is 6.07 Å². The lowest BCUT2D eigenvalue weighted by atomic mass is 10.1. The van der Waals surface area contributed by atoms with Crippen LogP contribution in [-0.2, 0) is 0 Å². The smallest absolute Gasteiger partial charge is 0.256 e. The van der Waals surface area contributed by atoms with Gasteiger partial charge in [0, 0.05) is 30.7 Å². The van der Waals surface area contributed by atoms with Crippen molar-refractivity contribution in [3.63, 3.8) is 0 Å². The first-order valence-electron chi connectivity index (χ1n) is 6.58. The first kappa shape index (κ1) is 14.5. The zero-order chi connectivity index (χ0) is 13.8. The summed E-state index contributed by atoms with van der Waals surface area (Å²) in [5, 5.41) is 0. The third-order valence-electron chi connectivity index (χ3n) is 3.36. The van der Waals surface area contributed by atoms with Crippen molar-refractivity contribution in [1.29, 1.82) is 0 Å². The minimum absolute atomic E-state index is 0.159. The van der Waals surface area contributed by atoms with E-state index in [0.29, 0.717) is 17.6 Å². The van der Waals surface area contributed by atoms with Gasteiger partial charge in [-0.25, -0.2) is 4.39 Å². The Kier molecular flexibility index (Phi) is 4.93. The van der Waals surface area contributed by atoms with Crippen LogP contribution in [0.4, 0.5) is 4.39 Å². The molecule has 104 valence electrons. The van der Waals surface area contributed by atoms with Gasteiger partial charge < -0.3 is 4.90 Å². The van der Waals surface area contributed by atoms with Gasteiger partial charge in [-0.05, 0) is 31.2 Å². The summed E-state index contributed by atoms with van der Waals surface area (Å²) in [7, 11) is 0. The highest BCUT2D eigenvalue weighted by Gasteiger charge is 2.23. The number of halogens is 2. The molecule has 1 heterocycles. The average molecular weight is 329 g/mol. The van der Waals surface area contributed by atoms with Crippen LogP contribution in [0.1, 0.15) is 23.7 Å². The van der Waals surface area contributed by atoms with Crippen LogP contribution in [0.3, 0.4) is 0 Å². The van der Waals surface area contributed by atoms with Crippen LogP contribution in [0.2, 0.25) is 0 Å². The van der Waals surface area contributed by atoms with Crippen LogP contribution >= 0.6 is 15.9 Å². The highest BCUT2D eigenvalue weighted by Crippen LogP contribution is 2.17. The molecule has 0 aliphatic carbocycles. The molecule has 0 atom stereocenters. The fraction of sp³-hybridized carbons (Fsp3) is 0.500. The number of amides is 1. The highest BCUT2D eigenvalue weighted by molar-refractivity contribution is 9.10. The van der Waals surface area contributed by atoms with Gasteiger partial charge in [-0.15, -0.1) is 0 Å². The van der Waals surface area contributed by atoms with Crippen molar-refractivity contribution in [2.45, 2.75) is 13.3 Å². The largest absolute Gasteiger partial charge is 0.336 e. The quantitative estimate of drug-likeness (QED) is 0.851. The van der Waals surface area contributed by atoms with Gasteiger partial charge in [0.25, 0.3) is 5.91 Å². The maximum atomic E-state index is 13.8.